The maximum Gasteiger partial charge on any atom is 0.881 e. The number of fused-ring (bicyclic) bond motifs is 2. The first-order valence-electron chi connectivity index (χ1n) is 12.5. The summed E-state index contributed by atoms with van der Waals surface area (Å²) in [4.78, 5) is 4.66. The maximum absolute atomic E-state index is 6.47. The lowest BCUT2D eigenvalue weighted by atomic mass is 10.0. The van der Waals surface area contributed by atoms with Gasteiger partial charge in [-0.1, -0.05) is 84.9 Å². The topological polar surface area (TPSA) is 40.6 Å². The Morgan fingerprint density at radius 2 is 1.26 bits per heavy atom. The molecule has 5 aromatic carbocycles. The first kappa shape index (κ1) is 24.1. The number of hydrogen-bond acceptors (Lipinski definition) is 4. The molecule has 38 heavy (non-hydrogen) atoms. The molecule has 0 aliphatic rings. The molecule has 6 rings (SSSR count). The van der Waals surface area contributed by atoms with Gasteiger partial charge in [-0.3, -0.25) is 0 Å². The molecule has 5 heteroatoms. The summed E-state index contributed by atoms with van der Waals surface area (Å²) < 4.78 is 18.9. The van der Waals surface area contributed by atoms with Gasteiger partial charge in [-0.05, 0) is 66.3 Å². The molecule has 0 saturated heterocycles. The number of benzene rings is 5. The van der Waals surface area contributed by atoms with Crippen LogP contribution in [-0.4, -0.2) is 20.9 Å². The third kappa shape index (κ3) is 4.95. The van der Waals surface area contributed by atoms with Gasteiger partial charge in [0.05, 0.1) is 11.1 Å². The highest BCUT2D eigenvalue weighted by Crippen LogP contribution is 2.39. The van der Waals surface area contributed by atoms with Crippen LogP contribution in [0.25, 0.3) is 32.8 Å². The molecular formula is C33H25AlNO3. The van der Waals surface area contributed by atoms with Crippen LogP contribution in [0.15, 0.2) is 115 Å². The van der Waals surface area contributed by atoms with Gasteiger partial charge in [-0.2, -0.15) is 0 Å². The molecule has 183 valence electrons. The average Bonchev–Trinajstić information content (AvgIpc) is 2.95. The molecule has 0 aliphatic heterocycles. The van der Waals surface area contributed by atoms with Gasteiger partial charge in [0.15, 0.2) is 0 Å². The number of aryl methyl sites for hydroxylation is 2. The number of pyridine rings is 1. The van der Waals surface area contributed by atoms with Crippen molar-refractivity contribution < 1.29 is 12.3 Å². The van der Waals surface area contributed by atoms with Gasteiger partial charge < -0.3 is 12.3 Å². The average molecular weight is 511 g/mol. The van der Waals surface area contributed by atoms with Crippen LogP contribution in [0.1, 0.15) is 11.3 Å². The summed E-state index contributed by atoms with van der Waals surface area (Å²) in [5.41, 5.74) is 5.16. The molecule has 0 N–H and O–H groups in total. The van der Waals surface area contributed by atoms with E-state index in [0.29, 0.717) is 0 Å². The molecule has 0 atom stereocenters. The Morgan fingerprint density at radius 1 is 0.579 bits per heavy atom. The molecule has 0 amide bonds. The van der Waals surface area contributed by atoms with Crippen molar-refractivity contribution in [3.63, 3.8) is 0 Å². The minimum Gasteiger partial charge on any atom is -0.615 e. The number of para-hydroxylation sites is 1. The van der Waals surface area contributed by atoms with E-state index in [9.17, 15) is 0 Å². The molecule has 0 spiro atoms. The van der Waals surface area contributed by atoms with E-state index in [1.165, 1.54) is 5.56 Å². The van der Waals surface area contributed by atoms with E-state index in [-0.39, 0.29) is 0 Å². The molecule has 1 heterocycles. The molecule has 4 nitrogen and oxygen atoms in total. The normalized spacial score (nSPS) is 10.9. The van der Waals surface area contributed by atoms with Gasteiger partial charge in [-0.25, -0.2) is 4.98 Å². The lowest BCUT2D eigenvalue weighted by Gasteiger charge is -2.17. The van der Waals surface area contributed by atoms with Crippen molar-refractivity contribution in [2.75, 3.05) is 0 Å². The van der Waals surface area contributed by atoms with Gasteiger partial charge >= 0.3 is 15.9 Å². The molecule has 1 aromatic heterocycles. The van der Waals surface area contributed by atoms with Gasteiger partial charge in [-0.15, -0.1) is 0 Å². The van der Waals surface area contributed by atoms with Gasteiger partial charge in [0.25, 0.3) is 0 Å². The summed E-state index contributed by atoms with van der Waals surface area (Å²) in [6, 6.07) is 38.7. The van der Waals surface area contributed by atoms with Crippen LogP contribution >= 0.6 is 0 Å². The number of nitrogens with zero attached hydrogens (tertiary/aromatic N) is 1. The highest BCUT2D eigenvalue weighted by atomic mass is 27.2. The molecule has 0 fully saturated rings. The van der Waals surface area contributed by atoms with Crippen LogP contribution in [0.3, 0.4) is 0 Å². The summed E-state index contributed by atoms with van der Waals surface area (Å²) in [6.45, 7) is 4.03. The Bertz CT molecular complexity index is 1730. The van der Waals surface area contributed by atoms with Crippen LogP contribution in [0.5, 0.6) is 23.0 Å². The molecule has 6 aromatic rings. The Labute approximate surface area is 228 Å². The third-order valence-electron chi connectivity index (χ3n) is 6.51. The molecule has 0 unspecified atom stereocenters. The highest BCUT2D eigenvalue weighted by molar-refractivity contribution is 6.22. The predicted molar refractivity (Wildman–Crippen MR) is 154 cm³/mol. The van der Waals surface area contributed by atoms with Gasteiger partial charge in [0, 0.05) is 11.1 Å². The van der Waals surface area contributed by atoms with Crippen LogP contribution in [0.2, 0.25) is 0 Å². The summed E-state index contributed by atoms with van der Waals surface area (Å²) in [6.07, 6.45) is 0. The quantitative estimate of drug-likeness (QED) is 0.202. The first-order valence-corrected chi connectivity index (χ1v) is 13.5. The fourth-order valence-corrected chi connectivity index (χ4v) is 5.19. The van der Waals surface area contributed by atoms with E-state index in [1.807, 2.05) is 73.7 Å². The molecule has 1 radical (unpaired) electrons. The standard InChI is InChI=1S/C23H18O2.C10H9NO.Al/c1-16-10-11-19-8-5-9-21(24)22(19)23(16)25-20-14-12-18(13-15-20)17-6-3-2-4-7-17;1-7-5-6-8-3-2-4-9(12)10(8)11-7;/h2-15,24H,1H3;2-6,12H,1H3;/q;;+2/p-2. The maximum atomic E-state index is 6.47. The number of ether oxygens (including phenoxy) is 1. The minimum atomic E-state index is -0.823. The van der Waals surface area contributed by atoms with Crippen molar-refractivity contribution in [1.29, 1.82) is 0 Å². The SMILES string of the molecule is Cc1ccc2cccc([O][Al][O]c3cccc4ccc(C)c(Oc5ccc(-c6ccccc6)cc5)c34)c2n1. The molecular weight excluding hydrogens is 485 g/mol. The van der Waals surface area contributed by atoms with Crippen LogP contribution in [0.4, 0.5) is 0 Å². The molecule has 0 bridgehead atoms. The van der Waals surface area contributed by atoms with E-state index in [4.69, 9.17) is 12.3 Å². The van der Waals surface area contributed by atoms with Crippen molar-refractivity contribution in [3.8, 4) is 34.1 Å². The summed E-state index contributed by atoms with van der Waals surface area (Å²) in [5.74, 6) is 3.03. The zero-order valence-corrected chi connectivity index (χ0v) is 22.4. The second-order valence-electron chi connectivity index (χ2n) is 9.17. The van der Waals surface area contributed by atoms with Crippen molar-refractivity contribution in [1.82, 2.24) is 4.98 Å². The van der Waals surface area contributed by atoms with Crippen molar-refractivity contribution >= 4 is 37.6 Å². The van der Waals surface area contributed by atoms with Crippen LogP contribution in [-0.2, 0) is 0 Å². The smallest absolute Gasteiger partial charge is 0.615 e. The zero-order valence-electron chi connectivity index (χ0n) is 21.2. The largest absolute Gasteiger partial charge is 0.881 e. The van der Waals surface area contributed by atoms with Gasteiger partial charge in [0.1, 0.15) is 22.8 Å². The van der Waals surface area contributed by atoms with E-state index in [2.05, 4.69) is 60.4 Å². The highest BCUT2D eigenvalue weighted by Gasteiger charge is 2.16. The minimum absolute atomic E-state index is 0.729. The monoisotopic (exact) mass is 510 g/mol. The Morgan fingerprint density at radius 3 is 2.08 bits per heavy atom. The number of aromatic nitrogens is 1. The number of hydrogen-bond donors (Lipinski definition) is 0. The second kappa shape index (κ2) is 10.6. The fourth-order valence-electron chi connectivity index (χ4n) is 4.55. The summed E-state index contributed by atoms with van der Waals surface area (Å²) in [7, 11) is 0. The van der Waals surface area contributed by atoms with E-state index < -0.39 is 15.9 Å². The van der Waals surface area contributed by atoms with E-state index in [0.717, 1.165) is 61.5 Å². The second-order valence-corrected chi connectivity index (χ2v) is 9.83. The van der Waals surface area contributed by atoms with E-state index >= 15 is 0 Å². The summed E-state index contributed by atoms with van der Waals surface area (Å²) >= 11 is -0.823. The van der Waals surface area contributed by atoms with Gasteiger partial charge in [0.2, 0.25) is 0 Å². The first-order chi connectivity index (χ1) is 18.7. The number of rotatable bonds is 7. The van der Waals surface area contributed by atoms with Crippen LogP contribution < -0.4 is 12.3 Å². The fraction of sp³-hybridized carbons (Fsp3) is 0.0606. The summed E-state index contributed by atoms with van der Waals surface area (Å²) in [5, 5.41) is 3.02. The van der Waals surface area contributed by atoms with Crippen molar-refractivity contribution in [2.24, 2.45) is 0 Å². The zero-order chi connectivity index (χ0) is 25.9. The van der Waals surface area contributed by atoms with Crippen LogP contribution in [0, 0.1) is 13.8 Å². The molecule has 0 aliphatic carbocycles. The Hall–Kier alpha value is -4.30. The van der Waals surface area contributed by atoms with E-state index in [1.54, 1.807) is 0 Å². The predicted octanol–water partition coefficient (Wildman–Crippen LogP) is 8.46. The third-order valence-corrected chi connectivity index (χ3v) is 7.21. The lowest BCUT2D eigenvalue weighted by molar-refractivity contribution is 0.459. The molecule has 0 saturated carbocycles. The van der Waals surface area contributed by atoms with Crippen molar-refractivity contribution in [3.05, 3.63) is 127 Å². The lowest BCUT2D eigenvalue weighted by Crippen LogP contribution is -2.12. The van der Waals surface area contributed by atoms with Crippen molar-refractivity contribution in [2.45, 2.75) is 13.8 Å². The Balaban J connectivity index is 1.27. The Kier molecular flexibility index (Phi) is 6.71.